The second kappa shape index (κ2) is 8.87. The first-order chi connectivity index (χ1) is 11.1. The molecular formula is C17H30N2O4S. The van der Waals surface area contributed by atoms with Gasteiger partial charge in [-0.25, -0.2) is 0 Å². The summed E-state index contributed by atoms with van der Waals surface area (Å²) in [6.45, 7) is 9.15. The van der Waals surface area contributed by atoms with Gasteiger partial charge in [-0.15, -0.1) is 11.8 Å². The van der Waals surface area contributed by atoms with Gasteiger partial charge in [0.25, 0.3) is 5.91 Å². The minimum atomic E-state index is -0.669. The van der Waals surface area contributed by atoms with Crippen molar-refractivity contribution in [2.45, 2.75) is 50.5 Å². The Balaban J connectivity index is 2.76. The van der Waals surface area contributed by atoms with Gasteiger partial charge in [-0.3, -0.25) is 4.79 Å². The van der Waals surface area contributed by atoms with E-state index in [4.69, 9.17) is 15.2 Å². The number of amides is 1. The maximum absolute atomic E-state index is 12.5. The van der Waals surface area contributed by atoms with Crippen molar-refractivity contribution < 1.29 is 19.4 Å². The number of aliphatic hydroxyl groups excluding tert-OH is 1. The molecule has 0 spiro atoms. The van der Waals surface area contributed by atoms with E-state index >= 15 is 0 Å². The van der Waals surface area contributed by atoms with Crippen molar-refractivity contribution in [3.8, 4) is 0 Å². The minimum Gasteiger partial charge on any atom is -0.512 e. The first-order valence-electron chi connectivity index (χ1n) is 8.13. The predicted molar refractivity (Wildman–Crippen MR) is 98.5 cm³/mol. The van der Waals surface area contributed by atoms with Crippen molar-refractivity contribution in [2.75, 3.05) is 26.9 Å². The number of nitrogens with two attached hydrogens (primary N) is 1. The van der Waals surface area contributed by atoms with E-state index in [1.54, 1.807) is 18.9 Å². The Labute approximate surface area is 148 Å². The molecule has 0 saturated carbocycles. The fourth-order valence-electron chi connectivity index (χ4n) is 2.32. The highest BCUT2D eigenvalue weighted by molar-refractivity contribution is 8.01. The van der Waals surface area contributed by atoms with E-state index in [0.717, 1.165) is 26.1 Å². The van der Waals surface area contributed by atoms with Gasteiger partial charge in [0.1, 0.15) is 11.6 Å². The van der Waals surface area contributed by atoms with Crippen molar-refractivity contribution in [3.05, 3.63) is 11.8 Å². The molecule has 6 nitrogen and oxygen atoms in total. The number of amidine groups is 1. The number of carbonyl (C=O) groups is 1. The molecule has 0 unspecified atom stereocenters. The van der Waals surface area contributed by atoms with Gasteiger partial charge in [-0.1, -0.05) is 13.8 Å². The standard InChI is InChI=1S/C17H30N2O4S/c1-16(2,11-22-5)13(20)10-14(18)19-15(21)17(3,4)24-12-6-8-23-9-7-12/h10,12,20H,6-9,11H2,1-5H3,(H2,18,19,21)/b13-10-. The average molecular weight is 359 g/mol. The molecule has 1 rings (SSSR count). The van der Waals surface area contributed by atoms with E-state index in [9.17, 15) is 9.90 Å². The quantitative estimate of drug-likeness (QED) is 0.413. The Morgan fingerprint density at radius 1 is 1.38 bits per heavy atom. The van der Waals surface area contributed by atoms with E-state index in [2.05, 4.69) is 4.99 Å². The Kier molecular flexibility index (Phi) is 7.76. The summed E-state index contributed by atoms with van der Waals surface area (Å²) in [5.74, 6) is -0.263. The summed E-state index contributed by atoms with van der Waals surface area (Å²) < 4.78 is 9.74. The maximum Gasteiger partial charge on any atom is 0.263 e. The first-order valence-corrected chi connectivity index (χ1v) is 9.00. The van der Waals surface area contributed by atoms with Gasteiger partial charge in [0.15, 0.2) is 0 Å². The molecular weight excluding hydrogens is 328 g/mol. The number of nitrogens with zero attached hydrogens (tertiary/aromatic N) is 1. The summed E-state index contributed by atoms with van der Waals surface area (Å²) >= 11 is 1.61. The molecule has 0 atom stereocenters. The number of aliphatic hydroxyl groups is 1. The molecule has 0 aromatic heterocycles. The normalized spacial score (nSPS) is 18.7. The zero-order valence-corrected chi connectivity index (χ0v) is 16.1. The van der Waals surface area contributed by atoms with Gasteiger partial charge in [-0.2, -0.15) is 4.99 Å². The molecule has 0 aromatic carbocycles. The van der Waals surface area contributed by atoms with Crippen molar-refractivity contribution >= 4 is 23.5 Å². The van der Waals surface area contributed by atoms with Gasteiger partial charge >= 0.3 is 0 Å². The number of ether oxygens (including phenoxy) is 2. The van der Waals surface area contributed by atoms with Crippen LogP contribution in [-0.2, 0) is 14.3 Å². The van der Waals surface area contributed by atoms with Gasteiger partial charge in [0, 0.05) is 37.1 Å². The number of rotatable bonds is 7. The lowest BCUT2D eigenvalue weighted by Crippen LogP contribution is -2.33. The van der Waals surface area contributed by atoms with Crippen molar-refractivity contribution in [2.24, 2.45) is 16.1 Å². The average Bonchev–Trinajstić information content (AvgIpc) is 2.47. The minimum absolute atomic E-state index is 0.00216. The third kappa shape index (κ3) is 6.45. The van der Waals surface area contributed by atoms with E-state index in [1.807, 2.05) is 27.7 Å². The highest BCUT2D eigenvalue weighted by atomic mass is 32.2. The summed E-state index contributed by atoms with van der Waals surface area (Å²) in [6.07, 6.45) is 3.20. The molecule has 7 heteroatoms. The summed E-state index contributed by atoms with van der Waals surface area (Å²) in [4.78, 5) is 16.4. The number of hydrogen-bond acceptors (Lipinski definition) is 5. The summed E-state index contributed by atoms with van der Waals surface area (Å²) in [5.41, 5.74) is 5.23. The van der Waals surface area contributed by atoms with Crippen LogP contribution in [0.5, 0.6) is 0 Å². The van der Waals surface area contributed by atoms with E-state index in [1.165, 1.54) is 6.08 Å². The molecule has 0 aromatic rings. The van der Waals surface area contributed by atoms with Crippen LogP contribution < -0.4 is 5.73 Å². The zero-order valence-electron chi connectivity index (χ0n) is 15.3. The summed E-state index contributed by atoms with van der Waals surface area (Å²) in [6, 6.07) is 0. The number of hydrogen-bond donors (Lipinski definition) is 2. The van der Waals surface area contributed by atoms with Gasteiger partial charge in [0.2, 0.25) is 0 Å². The van der Waals surface area contributed by atoms with Crippen LogP contribution in [0.3, 0.4) is 0 Å². The van der Waals surface area contributed by atoms with Crippen molar-refractivity contribution in [1.29, 1.82) is 0 Å². The third-order valence-corrected chi connectivity index (χ3v) is 5.43. The molecule has 1 fully saturated rings. The van der Waals surface area contributed by atoms with Crippen LogP contribution in [0.2, 0.25) is 0 Å². The molecule has 0 bridgehead atoms. The van der Waals surface area contributed by atoms with Crippen LogP contribution in [0.1, 0.15) is 40.5 Å². The molecule has 1 amide bonds. The van der Waals surface area contributed by atoms with Crippen molar-refractivity contribution in [3.63, 3.8) is 0 Å². The van der Waals surface area contributed by atoms with Crippen molar-refractivity contribution in [1.82, 2.24) is 0 Å². The van der Waals surface area contributed by atoms with Gasteiger partial charge < -0.3 is 20.3 Å². The van der Waals surface area contributed by atoms with Gasteiger partial charge in [-0.05, 0) is 26.7 Å². The molecule has 1 heterocycles. The zero-order chi connectivity index (χ0) is 18.4. The highest BCUT2D eigenvalue weighted by Crippen LogP contribution is 2.34. The number of methoxy groups -OCH3 is 1. The second-order valence-corrected chi connectivity index (χ2v) is 9.05. The summed E-state index contributed by atoms with van der Waals surface area (Å²) in [7, 11) is 1.56. The number of aliphatic imine (C=N–C) groups is 1. The Hall–Kier alpha value is -1.05. The van der Waals surface area contributed by atoms with Gasteiger partial charge in [0.05, 0.1) is 11.4 Å². The smallest absolute Gasteiger partial charge is 0.263 e. The van der Waals surface area contributed by atoms with E-state index < -0.39 is 10.2 Å². The molecule has 0 radical (unpaired) electrons. The highest BCUT2D eigenvalue weighted by Gasteiger charge is 2.32. The molecule has 24 heavy (non-hydrogen) atoms. The first kappa shape index (κ1) is 21.0. The van der Waals surface area contributed by atoms with Crippen LogP contribution in [0, 0.1) is 5.41 Å². The molecule has 1 aliphatic rings. The third-order valence-electron chi connectivity index (χ3n) is 3.86. The SMILES string of the molecule is COCC(C)(C)/C(O)=C/C(N)=NC(=O)C(C)(C)SC1CCOCC1. The Morgan fingerprint density at radius 2 is 1.96 bits per heavy atom. The predicted octanol–water partition coefficient (Wildman–Crippen LogP) is 2.68. The Morgan fingerprint density at radius 3 is 2.50 bits per heavy atom. The summed E-state index contributed by atoms with van der Waals surface area (Å²) in [5, 5.41) is 10.5. The maximum atomic E-state index is 12.5. The van der Waals surface area contributed by atoms with Crippen LogP contribution in [0.4, 0.5) is 0 Å². The lowest BCUT2D eigenvalue weighted by atomic mass is 9.91. The molecule has 0 aliphatic carbocycles. The molecule has 138 valence electrons. The molecule has 1 saturated heterocycles. The number of carbonyl (C=O) groups excluding carboxylic acids is 1. The lowest BCUT2D eigenvalue weighted by Gasteiger charge is -2.29. The van der Waals surface area contributed by atoms with Crippen LogP contribution in [0.15, 0.2) is 16.8 Å². The topological polar surface area (TPSA) is 94.1 Å². The fraction of sp³-hybridized carbons (Fsp3) is 0.765. The van der Waals surface area contributed by atoms with E-state index in [-0.39, 0.29) is 17.5 Å². The van der Waals surface area contributed by atoms with Crippen LogP contribution >= 0.6 is 11.8 Å². The fourth-order valence-corrected chi connectivity index (χ4v) is 3.72. The lowest BCUT2D eigenvalue weighted by molar-refractivity contribution is -0.119. The Bertz CT molecular complexity index is 495. The molecule has 3 N–H and O–H groups in total. The molecule has 1 aliphatic heterocycles. The van der Waals surface area contributed by atoms with Crippen LogP contribution in [0.25, 0.3) is 0 Å². The van der Waals surface area contributed by atoms with E-state index in [0.29, 0.717) is 11.9 Å². The second-order valence-electron chi connectivity index (χ2n) is 7.13. The number of thioether (sulfide) groups is 1. The van der Waals surface area contributed by atoms with Crippen LogP contribution in [-0.4, -0.2) is 53.8 Å². The monoisotopic (exact) mass is 358 g/mol. The largest absolute Gasteiger partial charge is 0.512 e.